The van der Waals surface area contributed by atoms with E-state index in [2.05, 4.69) is 22.2 Å². The maximum absolute atomic E-state index is 5.96. The summed E-state index contributed by atoms with van der Waals surface area (Å²) in [6.07, 6.45) is 9.04. The van der Waals surface area contributed by atoms with Crippen LogP contribution in [-0.2, 0) is 0 Å². The third kappa shape index (κ3) is 5.22. The van der Waals surface area contributed by atoms with E-state index in [4.69, 9.17) is 17.3 Å². The summed E-state index contributed by atoms with van der Waals surface area (Å²) < 4.78 is 0. The van der Waals surface area contributed by atoms with Crippen molar-refractivity contribution < 1.29 is 0 Å². The highest BCUT2D eigenvalue weighted by Gasteiger charge is 2.04. The first kappa shape index (κ1) is 14.0. The van der Waals surface area contributed by atoms with Crippen LogP contribution in [0.25, 0.3) is 0 Å². The molecule has 17 heavy (non-hydrogen) atoms. The molecule has 0 aliphatic rings. The van der Waals surface area contributed by atoms with Crippen LogP contribution in [0.5, 0.6) is 0 Å². The van der Waals surface area contributed by atoms with E-state index in [0.29, 0.717) is 16.7 Å². The fourth-order valence-corrected chi connectivity index (χ4v) is 1.78. The first-order valence-electron chi connectivity index (χ1n) is 6.25. The van der Waals surface area contributed by atoms with Crippen molar-refractivity contribution in [2.24, 2.45) is 0 Å². The highest BCUT2D eigenvalue weighted by atomic mass is 35.5. The highest BCUT2D eigenvalue weighted by Crippen LogP contribution is 2.22. The summed E-state index contributed by atoms with van der Waals surface area (Å²) in [5.74, 6) is 0.958. The van der Waals surface area contributed by atoms with E-state index in [1.807, 2.05) is 0 Å². The second-order valence-corrected chi connectivity index (χ2v) is 4.49. The van der Waals surface area contributed by atoms with E-state index in [1.165, 1.54) is 38.4 Å². The fourth-order valence-electron chi connectivity index (χ4n) is 1.62. The number of hydrogen-bond acceptors (Lipinski definition) is 4. The zero-order valence-electron chi connectivity index (χ0n) is 10.4. The first-order valence-corrected chi connectivity index (χ1v) is 6.63. The molecule has 1 aromatic rings. The smallest absolute Gasteiger partial charge is 0.150 e. The monoisotopic (exact) mass is 256 g/mol. The molecule has 0 unspecified atom stereocenters. The van der Waals surface area contributed by atoms with E-state index in [0.717, 1.165) is 13.0 Å². The van der Waals surface area contributed by atoms with Crippen molar-refractivity contribution in [3.63, 3.8) is 0 Å². The lowest BCUT2D eigenvalue weighted by Gasteiger charge is -2.07. The van der Waals surface area contributed by atoms with Crippen LogP contribution in [-0.4, -0.2) is 16.5 Å². The average molecular weight is 257 g/mol. The van der Waals surface area contributed by atoms with Crippen molar-refractivity contribution >= 4 is 23.2 Å². The Labute approximate surface area is 108 Å². The van der Waals surface area contributed by atoms with Gasteiger partial charge >= 0.3 is 0 Å². The Bertz CT molecular complexity index is 330. The van der Waals surface area contributed by atoms with Gasteiger partial charge in [0.2, 0.25) is 0 Å². The fraction of sp³-hybridized carbons (Fsp3) is 0.667. The molecule has 0 fully saturated rings. The van der Waals surface area contributed by atoms with Gasteiger partial charge in [-0.25, -0.2) is 9.97 Å². The van der Waals surface area contributed by atoms with E-state index in [-0.39, 0.29) is 0 Å². The van der Waals surface area contributed by atoms with Gasteiger partial charge in [0.15, 0.2) is 0 Å². The van der Waals surface area contributed by atoms with Crippen LogP contribution in [0.1, 0.15) is 45.4 Å². The van der Waals surface area contributed by atoms with Gasteiger partial charge in [0.25, 0.3) is 0 Å². The summed E-state index contributed by atoms with van der Waals surface area (Å²) in [5, 5.41) is 3.60. The molecular formula is C12H21ClN4. The van der Waals surface area contributed by atoms with Gasteiger partial charge in [-0.1, -0.05) is 50.6 Å². The largest absolute Gasteiger partial charge is 0.382 e. The van der Waals surface area contributed by atoms with E-state index < -0.39 is 0 Å². The van der Waals surface area contributed by atoms with Crippen LogP contribution in [0, 0.1) is 0 Å². The van der Waals surface area contributed by atoms with Crippen LogP contribution in [0.15, 0.2) is 6.33 Å². The Morgan fingerprint density at radius 2 is 1.88 bits per heavy atom. The number of unbranched alkanes of at least 4 members (excludes halogenated alkanes) is 5. The molecule has 96 valence electrons. The predicted octanol–water partition coefficient (Wildman–Crippen LogP) is 3.48. The number of rotatable bonds is 8. The average Bonchev–Trinajstić information content (AvgIpc) is 2.33. The first-order chi connectivity index (χ1) is 8.25. The molecule has 5 heteroatoms. The number of nitrogens with zero attached hydrogens (tertiary/aromatic N) is 2. The SMILES string of the molecule is CCCCCCCCNc1ncnc(N)c1Cl. The molecule has 0 aromatic carbocycles. The van der Waals surface area contributed by atoms with Crippen LogP contribution in [0.4, 0.5) is 11.6 Å². The molecule has 0 atom stereocenters. The number of nitrogen functional groups attached to an aromatic ring is 1. The molecule has 3 N–H and O–H groups in total. The van der Waals surface area contributed by atoms with E-state index >= 15 is 0 Å². The zero-order chi connectivity index (χ0) is 12.5. The van der Waals surface area contributed by atoms with Gasteiger partial charge in [0.1, 0.15) is 23.0 Å². The zero-order valence-corrected chi connectivity index (χ0v) is 11.1. The molecule has 0 aliphatic heterocycles. The Morgan fingerprint density at radius 1 is 1.18 bits per heavy atom. The molecule has 1 heterocycles. The minimum absolute atomic E-state index is 0.326. The minimum Gasteiger partial charge on any atom is -0.382 e. The summed E-state index contributed by atoms with van der Waals surface area (Å²) in [6, 6.07) is 0. The third-order valence-electron chi connectivity index (χ3n) is 2.64. The number of halogens is 1. The molecule has 0 saturated heterocycles. The van der Waals surface area contributed by atoms with Gasteiger partial charge in [0, 0.05) is 6.54 Å². The van der Waals surface area contributed by atoms with Crippen molar-refractivity contribution in [2.75, 3.05) is 17.6 Å². The predicted molar refractivity (Wildman–Crippen MR) is 73.3 cm³/mol. The molecule has 0 radical (unpaired) electrons. The second kappa shape index (κ2) is 8.12. The van der Waals surface area contributed by atoms with Gasteiger partial charge < -0.3 is 11.1 Å². The lowest BCUT2D eigenvalue weighted by molar-refractivity contribution is 0.617. The van der Waals surface area contributed by atoms with Gasteiger partial charge in [0.05, 0.1) is 0 Å². The van der Waals surface area contributed by atoms with Crippen molar-refractivity contribution in [3.8, 4) is 0 Å². The Hall–Kier alpha value is -1.03. The van der Waals surface area contributed by atoms with Crippen molar-refractivity contribution in [3.05, 3.63) is 11.3 Å². The number of nitrogens with one attached hydrogen (secondary N) is 1. The van der Waals surface area contributed by atoms with Crippen LogP contribution < -0.4 is 11.1 Å². The molecule has 0 saturated carbocycles. The summed E-state index contributed by atoms with van der Waals surface area (Å²) in [4.78, 5) is 7.86. The highest BCUT2D eigenvalue weighted by molar-refractivity contribution is 6.35. The summed E-state index contributed by atoms with van der Waals surface area (Å²) >= 11 is 5.96. The van der Waals surface area contributed by atoms with E-state index in [9.17, 15) is 0 Å². The van der Waals surface area contributed by atoms with Gasteiger partial charge in [-0.3, -0.25) is 0 Å². The van der Waals surface area contributed by atoms with Crippen LogP contribution in [0.3, 0.4) is 0 Å². The van der Waals surface area contributed by atoms with Crippen molar-refractivity contribution in [2.45, 2.75) is 45.4 Å². The molecular weight excluding hydrogens is 236 g/mol. The molecule has 1 rings (SSSR count). The number of hydrogen-bond donors (Lipinski definition) is 2. The maximum atomic E-state index is 5.96. The molecule has 0 amide bonds. The molecule has 0 aliphatic carbocycles. The topological polar surface area (TPSA) is 63.8 Å². The Balaban J connectivity index is 2.16. The molecule has 1 aromatic heterocycles. The van der Waals surface area contributed by atoms with Gasteiger partial charge in [-0.15, -0.1) is 0 Å². The minimum atomic E-state index is 0.326. The molecule has 0 spiro atoms. The van der Waals surface area contributed by atoms with E-state index in [1.54, 1.807) is 0 Å². The molecule has 4 nitrogen and oxygen atoms in total. The molecule has 0 bridgehead atoms. The van der Waals surface area contributed by atoms with Crippen molar-refractivity contribution in [1.29, 1.82) is 0 Å². The van der Waals surface area contributed by atoms with Crippen LogP contribution >= 0.6 is 11.6 Å². The van der Waals surface area contributed by atoms with Gasteiger partial charge in [-0.2, -0.15) is 0 Å². The Kier molecular flexibility index (Phi) is 6.70. The van der Waals surface area contributed by atoms with Gasteiger partial charge in [-0.05, 0) is 6.42 Å². The number of nitrogens with two attached hydrogens (primary N) is 1. The van der Waals surface area contributed by atoms with Crippen molar-refractivity contribution in [1.82, 2.24) is 9.97 Å². The number of aromatic nitrogens is 2. The maximum Gasteiger partial charge on any atom is 0.150 e. The second-order valence-electron chi connectivity index (χ2n) is 4.12. The quantitative estimate of drug-likeness (QED) is 0.699. The lowest BCUT2D eigenvalue weighted by Crippen LogP contribution is -2.05. The Morgan fingerprint density at radius 3 is 2.65 bits per heavy atom. The third-order valence-corrected chi connectivity index (χ3v) is 3.01. The lowest BCUT2D eigenvalue weighted by atomic mass is 10.1. The summed E-state index contributed by atoms with van der Waals surface area (Å²) in [7, 11) is 0. The standard InChI is InChI=1S/C12H21ClN4/c1-2-3-4-5-6-7-8-15-12-10(13)11(14)16-9-17-12/h9H,2-8H2,1H3,(H3,14,15,16,17). The van der Waals surface area contributed by atoms with Crippen LogP contribution in [0.2, 0.25) is 5.02 Å². The summed E-state index contributed by atoms with van der Waals surface area (Å²) in [6.45, 7) is 3.10. The summed E-state index contributed by atoms with van der Waals surface area (Å²) in [5.41, 5.74) is 5.58. The number of anilines is 2. The normalized spacial score (nSPS) is 10.5.